The fourth-order valence-corrected chi connectivity index (χ4v) is 5.00. The van der Waals surface area contributed by atoms with Gasteiger partial charge in [-0.3, -0.25) is 4.72 Å². The Hall–Kier alpha value is -2.26. The summed E-state index contributed by atoms with van der Waals surface area (Å²) in [5.74, 6) is -0.430. The van der Waals surface area contributed by atoms with Gasteiger partial charge in [-0.1, -0.05) is 0 Å². The van der Waals surface area contributed by atoms with Crippen molar-refractivity contribution in [1.29, 1.82) is 0 Å². The lowest BCUT2D eigenvalue weighted by molar-refractivity contribution is 0.0531. The molecule has 1 atom stereocenters. The van der Waals surface area contributed by atoms with Gasteiger partial charge in [-0.15, -0.1) is 0 Å². The number of nitrogens with one attached hydrogen (secondary N) is 1. The fraction of sp³-hybridized carbons (Fsp3) is 0.450. The van der Waals surface area contributed by atoms with E-state index in [0.29, 0.717) is 23.9 Å². The van der Waals surface area contributed by atoms with Gasteiger partial charge in [0.05, 0.1) is 11.8 Å². The molecule has 0 spiro atoms. The third kappa shape index (κ3) is 4.67. The van der Waals surface area contributed by atoms with Crippen LogP contribution in [0.1, 0.15) is 25.7 Å². The van der Waals surface area contributed by atoms with Crippen LogP contribution in [-0.2, 0) is 14.8 Å². The van der Waals surface area contributed by atoms with E-state index in [1.165, 1.54) is 12.3 Å². The first-order valence-corrected chi connectivity index (χ1v) is 11.2. The van der Waals surface area contributed by atoms with Gasteiger partial charge >= 0.3 is 0 Å². The van der Waals surface area contributed by atoms with E-state index >= 15 is 0 Å². The van der Waals surface area contributed by atoms with Gasteiger partial charge in [0.25, 0.3) is 10.0 Å². The summed E-state index contributed by atoms with van der Waals surface area (Å²) in [6.07, 6.45) is 5.96. The first-order chi connectivity index (χ1) is 13.9. The summed E-state index contributed by atoms with van der Waals surface area (Å²) in [7, 11) is -4.00. The number of piperidine rings is 1. The third-order valence-electron chi connectivity index (χ3n) is 5.50. The highest BCUT2D eigenvalue weighted by atomic mass is 32.2. The van der Waals surface area contributed by atoms with E-state index < -0.39 is 21.7 Å². The lowest BCUT2D eigenvalue weighted by atomic mass is 9.90. The average Bonchev–Trinajstić information content (AvgIpc) is 3.22. The molecule has 1 aromatic carbocycles. The summed E-state index contributed by atoms with van der Waals surface area (Å²) < 4.78 is 59.5. The summed E-state index contributed by atoms with van der Waals surface area (Å²) in [6.45, 7) is 2.56. The first-order valence-electron chi connectivity index (χ1n) is 9.72. The second kappa shape index (κ2) is 8.23. The third-order valence-corrected chi connectivity index (χ3v) is 6.87. The maximum Gasteiger partial charge on any atom is 0.263 e. The standard InChI is InChI=1S/C20H23F2N3O3S/c21-15-10-16(22)12-17(11-15)24-29(26,27)18-3-4-20(23-13-18)25-7-5-14(6-8-25)19-2-1-9-28-19/h3-4,10-14,19,24H,1-2,5-9H2. The second-order valence-corrected chi connectivity index (χ2v) is 9.17. The van der Waals surface area contributed by atoms with Gasteiger partial charge in [-0.25, -0.2) is 22.2 Å². The molecule has 2 aliphatic heterocycles. The van der Waals surface area contributed by atoms with Gasteiger partial charge in [0.15, 0.2) is 0 Å². The number of rotatable bonds is 5. The van der Waals surface area contributed by atoms with Gasteiger partial charge in [0, 0.05) is 32.0 Å². The number of nitrogens with zero attached hydrogens (tertiary/aromatic N) is 2. The SMILES string of the molecule is O=S(=O)(Nc1cc(F)cc(F)c1)c1ccc(N2CCC(C3CCCO3)CC2)nc1. The number of ether oxygens (including phenoxy) is 1. The number of aromatic nitrogens is 1. The summed E-state index contributed by atoms with van der Waals surface area (Å²) in [5, 5.41) is 0. The second-order valence-electron chi connectivity index (χ2n) is 7.49. The Morgan fingerprint density at radius 3 is 2.38 bits per heavy atom. The molecule has 0 radical (unpaired) electrons. The Morgan fingerprint density at radius 1 is 1.07 bits per heavy atom. The van der Waals surface area contributed by atoms with E-state index in [1.807, 2.05) is 0 Å². The molecular weight excluding hydrogens is 400 g/mol. The van der Waals surface area contributed by atoms with E-state index in [4.69, 9.17) is 4.74 Å². The van der Waals surface area contributed by atoms with Crippen LogP contribution in [0.4, 0.5) is 20.3 Å². The van der Waals surface area contributed by atoms with Gasteiger partial charge in [0.1, 0.15) is 22.3 Å². The van der Waals surface area contributed by atoms with E-state index in [1.54, 1.807) is 6.07 Å². The maximum atomic E-state index is 13.3. The summed E-state index contributed by atoms with van der Waals surface area (Å²) in [4.78, 5) is 6.36. The average molecular weight is 423 g/mol. The highest BCUT2D eigenvalue weighted by Gasteiger charge is 2.30. The Labute approximate surface area is 168 Å². The smallest absolute Gasteiger partial charge is 0.263 e. The number of hydrogen-bond acceptors (Lipinski definition) is 5. The molecule has 0 aliphatic carbocycles. The largest absolute Gasteiger partial charge is 0.378 e. The van der Waals surface area contributed by atoms with Crippen molar-refractivity contribution in [3.05, 3.63) is 48.2 Å². The van der Waals surface area contributed by atoms with Crippen LogP contribution >= 0.6 is 0 Å². The monoisotopic (exact) mass is 423 g/mol. The summed E-state index contributed by atoms with van der Waals surface area (Å²) in [5.41, 5.74) is -0.178. The minimum absolute atomic E-state index is 0.0693. The predicted octanol–water partition coefficient (Wildman–Crippen LogP) is 3.56. The summed E-state index contributed by atoms with van der Waals surface area (Å²) >= 11 is 0. The van der Waals surface area contributed by atoms with E-state index in [0.717, 1.165) is 57.5 Å². The molecule has 1 unspecified atom stereocenters. The molecule has 29 heavy (non-hydrogen) atoms. The van der Waals surface area contributed by atoms with Crippen LogP contribution < -0.4 is 9.62 Å². The molecule has 2 aromatic rings. The quantitative estimate of drug-likeness (QED) is 0.796. The lowest BCUT2D eigenvalue weighted by Gasteiger charge is -2.35. The van der Waals surface area contributed by atoms with E-state index in [9.17, 15) is 17.2 Å². The zero-order valence-corrected chi connectivity index (χ0v) is 16.7. The van der Waals surface area contributed by atoms with E-state index in [2.05, 4.69) is 14.6 Å². The molecule has 0 saturated carbocycles. The highest BCUT2D eigenvalue weighted by molar-refractivity contribution is 7.92. The minimum Gasteiger partial charge on any atom is -0.378 e. The van der Waals surface area contributed by atoms with Crippen LogP contribution in [0.2, 0.25) is 0 Å². The number of anilines is 2. The minimum atomic E-state index is -4.00. The Bertz CT molecular complexity index is 935. The van der Waals surface area contributed by atoms with Crippen LogP contribution in [0.25, 0.3) is 0 Å². The van der Waals surface area contributed by atoms with Crippen molar-refractivity contribution in [2.45, 2.75) is 36.7 Å². The van der Waals surface area contributed by atoms with Crippen LogP contribution in [0, 0.1) is 17.6 Å². The normalized spacial score (nSPS) is 20.8. The van der Waals surface area contributed by atoms with Crippen LogP contribution in [-0.4, -0.2) is 39.2 Å². The van der Waals surface area contributed by atoms with Crippen LogP contribution in [0.3, 0.4) is 0 Å². The molecule has 2 saturated heterocycles. The molecule has 2 aliphatic rings. The Morgan fingerprint density at radius 2 is 1.79 bits per heavy atom. The van der Waals surface area contributed by atoms with E-state index in [-0.39, 0.29) is 10.6 Å². The Kier molecular flexibility index (Phi) is 5.69. The number of pyridine rings is 1. The molecule has 6 nitrogen and oxygen atoms in total. The molecule has 1 N–H and O–H groups in total. The predicted molar refractivity (Wildman–Crippen MR) is 105 cm³/mol. The van der Waals surface area contributed by atoms with Crippen molar-refractivity contribution < 1.29 is 21.9 Å². The summed E-state index contributed by atoms with van der Waals surface area (Å²) in [6, 6.07) is 5.62. The number of halogens is 2. The van der Waals surface area contributed by atoms with Crippen molar-refractivity contribution >= 4 is 21.5 Å². The van der Waals surface area contributed by atoms with Crippen molar-refractivity contribution in [3.8, 4) is 0 Å². The molecule has 9 heteroatoms. The molecule has 156 valence electrons. The number of hydrogen-bond donors (Lipinski definition) is 1. The molecule has 3 heterocycles. The number of sulfonamides is 1. The molecule has 2 fully saturated rings. The first kappa shape index (κ1) is 20.0. The zero-order valence-electron chi connectivity index (χ0n) is 15.9. The van der Waals surface area contributed by atoms with Crippen molar-refractivity contribution in [1.82, 2.24) is 4.98 Å². The van der Waals surface area contributed by atoms with Crippen molar-refractivity contribution in [3.63, 3.8) is 0 Å². The van der Waals surface area contributed by atoms with Crippen LogP contribution in [0.5, 0.6) is 0 Å². The van der Waals surface area contributed by atoms with Gasteiger partial charge in [-0.05, 0) is 55.9 Å². The van der Waals surface area contributed by atoms with Crippen LogP contribution in [0.15, 0.2) is 41.4 Å². The highest BCUT2D eigenvalue weighted by Crippen LogP contribution is 2.30. The van der Waals surface area contributed by atoms with Gasteiger partial charge < -0.3 is 9.64 Å². The van der Waals surface area contributed by atoms with Crippen molar-refractivity contribution in [2.75, 3.05) is 29.3 Å². The molecule has 1 aromatic heterocycles. The molecule has 4 rings (SSSR count). The maximum absolute atomic E-state index is 13.3. The zero-order chi connectivity index (χ0) is 20.4. The molecular formula is C20H23F2N3O3S. The molecule has 0 amide bonds. The van der Waals surface area contributed by atoms with Crippen molar-refractivity contribution in [2.24, 2.45) is 5.92 Å². The lowest BCUT2D eigenvalue weighted by Crippen LogP contribution is -2.38. The molecule has 0 bridgehead atoms. The number of benzene rings is 1. The topological polar surface area (TPSA) is 71.5 Å². The van der Waals surface area contributed by atoms with Gasteiger partial charge in [-0.2, -0.15) is 0 Å². The fourth-order valence-electron chi connectivity index (χ4n) is 4.02. The Balaban J connectivity index is 1.40. The van der Waals surface area contributed by atoms with Gasteiger partial charge in [0.2, 0.25) is 0 Å².